The Hall–Kier alpha value is -0.640. The van der Waals surface area contributed by atoms with Crippen molar-refractivity contribution in [3.8, 4) is 0 Å². The maximum atomic E-state index is 9.24. The van der Waals surface area contributed by atoms with E-state index in [2.05, 4.69) is 43.0 Å². The molecular formula is C14H28N2O. The van der Waals surface area contributed by atoms with Gasteiger partial charge in [0.15, 0.2) is 0 Å². The van der Waals surface area contributed by atoms with E-state index in [1.54, 1.807) is 0 Å². The summed E-state index contributed by atoms with van der Waals surface area (Å²) in [5.41, 5.74) is 2.31. The molecule has 0 saturated carbocycles. The zero-order valence-corrected chi connectivity index (χ0v) is 12.0. The van der Waals surface area contributed by atoms with Crippen LogP contribution in [-0.4, -0.2) is 62.8 Å². The molecule has 0 aliphatic heterocycles. The van der Waals surface area contributed by atoms with Crippen LogP contribution in [0, 0.1) is 0 Å². The number of aliphatic hydroxyl groups is 1. The van der Waals surface area contributed by atoms with Crippen LogP contribution < -0.4 is 0 Å². The lowest BCUT2D eigenvalue weighted by atomic mass is 10.1. The molecule has 3 heteroatoms. The molecule has 0 aromatic heterocycles. The zero-order valence-electron chi connectivity index (χ0n) is 12.0. The summed E-state index contributed by atoms with van der Waals surface area (Å²) in [5, 5.41) is 9.24. The molecule has 0 radical (unpaired) electrons. The van der Waals surface area contributed by atoms with Crippen LogP contribution in [0.4, 0.5) is 0 Å². The van der Waals surface area contributed by atoms with Crippen LogP contribution in [0.3, 0.4) is 0 Å². The molecule has 1 N–H and O–H groups in total. The van der Waals surface area contributed by atoms with E-state index in [-0.39, 0.29) is 6.61 Å². The summed E-state index contributed by atoms with van der Waals surface area (Å²) < 4.78 is 0. The summed E-state index contributed by atoms with van der Waals surface area (Å²) in [5.74, 6) is 0. The molecule has 0 bridgehead atoms. The Kier molecular flexibility index (Phi) is 9.04. The van der Waals surface area contributed by atoms with Gasteiger partial charge in [0.05, 0.1) is 6.61 Å². The second-order valence-electron chi connectivity index (χ2n) is 5.09. The fourth-order valence-electron chi connectivity index (χ4n) is 1.67. The van der Waals surface area contributed by atoms with Crippen molar-refractivity contribution in [3.63, 3.8) is 0 Å². The van der Waals surface area contributed by atoms with Crippen molar-refractivity contribution in [2.24, 2.45) is 0 Å². The molecule has 0 atom stereocenters. The van der Waals surface area contributed by atoms with Crippen LogP contribution in [-0.2, 0) is 0 Å². The summed E-state index contributed by atoms with van der Waals surface area (Å²) in [6.45, 7) is 4.18. The third kappa shape index (κ3) is 10.2. The molecule has 0 aliphatic carbocycles. The van der Waals surface area contributed by atoms with Gasteiger partial charge >= 0.3 is 0 Å². The van der Waals surface area contributed by atoms with E-state index in [0.29, 0.717) is 0 Å². The van der Waals surface area contributed by atoms with E-state index in [9.17, 15) is 5.11 Å². The number of allylic oxidation sites excluding steroid dienone is 3. The van der Waals surface area contributed by atoms with Crippen LogP contribution >= 0.6 is 0 Å². The predicted molar refractivity (Wildman–Crippen MR) is 75.3 cm³/mol. The Morgan fingerprint density at radius 2 is 1.76 bits per heavy atom. The Morgan fingerprint density at radius 3 is 2.24 bits per heavy atom. The first-order chi connectivity index (χ1) is 7.95. The van der Waals surface area contributed by atoms with Gasteiger partial charge in [-0.25, -0.2) is 0 Å². The third-order valence-corrected chi connectivity index (χ3v) is 2.43. The van der Waals surface area contributed by atoms with Gasteiger partial charge in [0.2, 0.25) is 0 Å². The Labute approximate surface area is 106 Å². The van der Waals surface area contributed by atoms with E-state index in [1.165, 1.54) is 12.0 Å². The molecule has 0 rings (SSSR count). The van der Waals surface area contributed by atoms with E-state index in [1.807, 2.05) is 14.1 Å². The van der Waals surface area contributed by atoms with Crippen LogP contribution in [0.15, 0.2) is 23.3 Å². The highest BCUT2D eigenvalue weighted by Gasteiger charge is 1.98. The molecule has 100 valence electrons. The number of rotatable bonds is 8. The molecular weight excluding hydrogens is 212 g/mol. The molecule has 0 saturated heterocycles. The normalized spacial score (nSPS) is 13.9. The quantitative estimate of drug-likeness (QED) is 0.517. The maximum Gasteiger partial charge on any atom is 0.0657 e. The molecule has 0 amide bonds. The first kappa shape index (κ1) is 16.4. The SMILES string of the molecule is CC(=C/CCCN(C)C)/C=C(\CO)CN(C)C. The van der Waals surface area contributed by atoms with E-state index < -0.39 is 0 Å². The van der Waals surface area contributed by atoms with Crippen LogP contribution in [0.2, 0.25) is 0 Å². The fourth-order valence-corrected chi connectivity index (χ4v) is 1.67. The largest absolute Gasteiger partial charge is 0.392 e. The molecule has 0 aromatic carbocycles. The summed E-state index contributed by atoms with van der Waals surface area (Å²) in [4.78, 5) is 4.27. The predicted octanol–water partition coefficient (Wildman–Crippen LogP) is 1.75. The average molecular weight is 240 g/mol. The summed E-state index contributed by atoms with van der Waals surface area (Å²) in [6, 6.07) is 0. The second kappa shape index (κ2) is 9.40. The van der Waals surface area contributed by atoms with Crippen LogP contribution in [0.5, 0.6) is 0 Å². The molecule has 0 aliphatic rings. The van der Waals surface area contributed by atoms with Crippen LogP contribution in [0.1, 0.15) is 19.8 Å². The minimum absolute atomic E-state index is 0.140. The highest BCUT2D eigenvalue weighted by molar-refractivity contribution is 5.22. The van der Waals surface area contributed by atoms with Gasteiger partial charge in [-0.05, 0) is 60.1 Å². The van der Waals surface area contributed by atoms with E-state index in [0.717, 1.165) is 25.1 Å². The second-order valence-corrected chi connectivity index (χ2v) is 5.09. The van der Waals surface area contributed by atoms with Crippen molar-refractivity contribution in [2.75, 3.05) is 47.9 Å². The summed E-state index contributed by atoms with van der Waals surface area (Å²) >= 11 is 0. The molecule has 0 fully saturated rings. The van der Waals surface area contributed by atoms with Crippen molar-refractivity contribution < 1.29 is 5.11 Å². The van der Waals surface area contributed by atoms with Gasteiger partial charge < -0.3 is 14.9 Å². The Bertz CT molecular complexity index is 255. The molecule has 17 heavy (non-hydrogen) atoms. The summed E-state index contributed by atoms with van der Waals surface area (Å²) in [7, 11) is 8.22. The smallest absolute Gasteiger partial charge is 0.0657 e. The third-order valence-electron chi connectivity index (χ3n) is 2.43. The molecule has 0 unspecified atom stereocenters. The van der Waals surface area contributed by atoms with Gasteiger partial charge in [0, 0.05) is 6.54 Å². The van der Waals surface area contributed by atoms with Crippen LogP contribution in [0.25, 0.3) is 0 Å². The lowest BCUT2D eigenvalue weighted by molar-refractivity contribution is 0.312. The fraction of sp³-hybridized carbons (Fsp3) is 0.714. The maximum absolute atomic E-state index is 9.24. The van der Waals surface area contributed by atoms with Gasteiger partial charge in [0.1, 0.15) is 0 Å². The summed E-state index contributed by atoms with van der Waals surface area (Å²) in [6.07, 6.45) is 6.62. The highest BCUT2D eigenvalue weighted by atomic mass is 16.3. The van der Waals surface area contributed by atoms with Crippen molar-refractivity contribution in [3.05, 3.63) is 23.3 Å². The van der Waals surface area contributed by atoms with Crippen molar-refractivity contribution >= 4 is 0 Å². The van der Waals surface area contributed by atoms with E-state index >= 15 is 0 Å². The van der Waals surface area contributed by atoms with Gasteiger partial charge in [-0.3, -0.25) is 0 Å². The first-order valence-corrected chi connectivity index (χ1v) is 6.22. The lowest BCUT2D eigenvalue weighted by Gasteiger charge is -2.11. The Balaban J connectivity index is 4.13. The number of nitrogens with zero attached hydrogens (tertiary/aromatic N) is 2. The van der Waals surface area contributed by atoms with Gasteiger partial charge in [-0.15, -0.1) is 0 Å². The first-order valence-electron chi connectivity index (χ1n) is 6.22. The molecule has 0 spiro atoms. The van der Waals surface area contributed by atoms with Gasteiger partial charge in [-0.2, -0.15) is 0 Å². The number of hydrogen-bond acceptors (Lipinski definition) is 3. The van der Waals surface area contributed by atoms with Crippen molar-refractivity contribution in [1.82, 2.24) is 9.80 Å². The molecule has 0 aromatic rings. The number of hydrogen-bond donors (Lipinski definition) is 1. The van der Waals surface area contributed by atoms with Crippen molar-refractivity contribution in [1.29, 1.82) is 0 Å². The Morgan fingerprint density at radius 1 is 1.12 bits per heavy atom. The average Bonchev–Trinajstić information content (AvgIpc) is 2.22. The standard InChI is InChI=1S/C14H28N2O/c1-13(8-6-7-9-15(2)3)10-14(12-17)11-16(4)5/h8,10,17H,6-7,9,11-12H2,1-5H3/b13-8-,14-10-. The highest BCUT2D eigenvalue weighted by Crippen LogP contribution is 2.05. The zero-order chi connectivity index (χ0) is 13.3. The topological polar surface area (TPSA) is 26.7 Å². The molecule has 0 heterocycles. The number of unbranched alkanes of at least 4 members (excludes halogenated alkanes) is 1. The minimum Gasteiger partial charge on any atom is -0.392 e. The minimum atomic E-state index is 0.140. The lowest BCUT2D eigenvalue weighted by Crippen LogP contribution is -2.16. The van der Waals surface area contributed by atoms with Gasteiger partial charge in [0.25, 0.3) is 0 Å². The monoisotopic (exact) mass is 240 g/mol. The van der Waals surface area contributed by atoms with E-state index in [4.69, 9.17) is 0 Å². The van der Waals surface area contributed by atoms with Gasteiger partial charge in [-0.1, -0.05) is 17.7 Å². The molecule has 3 nitrogen and oxygen atoms in total. The number of aliphatic hydroxyl groups excluding tert-OH is 1. The number of likely N-dealkylation sites (N-methyl/N-ethyl adjacent to an activating group) is 1. The van der Waals surface area contributed by atoms with Crippen molar-refractivity contribution in [2.45, 2.75) is 19.8 Å².